The van der Waals surface area contributed by atoms with Gasteiger partial charge in [0.05, 0.1) is 0 Å². The lowest BCUT2D eigenvalue weighted by Gasteiger charge is -2.25. The normalized spacial score (nSPS) is 17.1. The molecule has 4 rings (SSSR count). The molecule has 4 nitrogen and oxygen atoms in total. The zero-order chi connectivity index (χ0) is 24.8. The van der Waals surface area contributed by atoms with Crippen LogP contribution in [0.2, 0.25) is 0 Å². The SMILES string of the molecule is CC(C)(C)c1ccc(C(C)(C)C)c2c1OC1(O2)Oc2c(C(C)(C)C)ccc(C(C)(C)C)c2O1. The summed E-state index contributed by atoms with van der Waals surface area (Å²) in [7, 11) is 0. The van der Waals surface area contributed by atoms with Crippen LogP contribution in [0.3, 0.4) is 0 Å². The molecule has 0 amide bonds. The van der Waals surface area contributed by atoms with Gasteiger partial charge in [0.25, 0.3) is 0 Å². The minimum absolute atomic E-state index is 0.131. The molecule has 4 heteroatoms. The molecular weight excluding hydrogens is 412 g/mol. The molecule has 180 valence electrons. The van der Waals surface area contributed by atoms with Crippen molar-refractivity contribution in [3.63, 3.8) is 0 Å². The zero-order valence-electron chi connectivity index (χ0n) is 22.4. The summed E-state index contributed by atoms with van der Waals surface area (Å²) >= 11 is 0. The van der Waals surface area contributed by atoms with Crippen LogP contribution >= 0.6 is 0 Å². The minimum atomic E-state index is -1.66. The van der Waals surface area contributed by atoms with Crippen molar-refractivity contribution in [3.8, 4) is 23.0 Å². The monoisotopic (exact) mass is 452 g/mol. The van der Waals surface area contributed by atoms with Crippen LogP contribution in [0, 0.1) is 0 Å². The number of fused-ring (bicyclic) bond motifs is 2. The summed E-state index contributed by atoms with van der Waals surface area (Å²) in [6.07, 6.45) is -1.66. The molecule has 2 aliphatic rings. The first kappa shape index (κ1) is 23.8. The largest absolute Gasteiger partial charge is 0.611 e. The standard InChI is InChI=1S/C29H40O4/c1-25(2,3)17-13-14-18(26(4,5)6)22-21(17)30-29(31-22)32-23-19(27(7,8)9)15-16-20(24(23)33-29)28(10,11)12/h13-16H,1-12H3. The number of benzene rings is 2. The highest BCUT2D eigenvalue weighted by Gasteiger charge is 2.58. The van der Waals surface area contributed by atoms with Gasteiger partial charge in [0.2, 0.25) is 0 Å². The lowest BCUT2D eigenvalue weighted by molar-refractivity contribution is -0.331. The van der Waals surface area contributed by atoms with Crippen molar-refractivity contribution in [3.05, 3.63) is 46.5 Å². The molecule has 0 saturated carbocycles. The predicted octanol–water partition coefficient (Wildman–Crippen LogP) is 7.73. The quantitative estimate of drug-likeness (QED) is 0.410. The average Bonchev–Trinajstić information content (AvgIpc) is 3.15. The third-order valence-corrected chi connectivity index (χ3v) is 6.36. The smallest absolute Gasteiger partial charge is 0.382 e. The van der Waals surface area contributed by atoms with Gasteiger partial charge >= 0.3 is 6.16 Å². The van der Waals surface area contributed by atoms with Gasteiger partial charge in [-0.25, -0.2) is 0 Å². The molecule has 0 fully saturated rings. The van der Waals surface area contributed by atoms with Crippen molar-refractivity contribution in [2.45, 2.75) is 111 Å². The molecule has 1 spiro atoms. The molecule has 2 aliphatic heterocycles. The molecule has 2 heterocycles. The summed E-state index contributed by atoms with van der Waals surface area (Å²) in [6.45, 7) is 26.1. The number of ether oxygens (including phenoxy) is 4. The lowest BCUT2D eigenvalue weighted by atomic mass is 9.81. The van der Waals surface area contributed by atoms with Crippen molar-refractivity contribution < 1.29 is 18.9 Å². The molecule has 2 aromatic rings. The topological polar surface area (TPSA) is 36.9 Å². The Labute approximate surface area is 199 Å². The summed E-state index contributed by atoms with van der Waals surface area (Å²) in [5.41, 5.74) is 3.75. The van der Waals surface area contributed by atoms with Gasteiger partial charge in [-0.05, 0) is 21.7 Å². The van der Waals surface area contributed by atoms with Gasteiger partial charge in [-0.2, -0.15) is 0 Å². The molecule has 2 aromatic carbocycles. The van der Waals surface area contributed by atoms with Crippen LogP contribution in [0.4, 0.5) is 0 Å². The van der Waals surface area contributed by atoms with Crippen LogP contribution in [0.15, 0.2) is 24.3 Å². The average molecular weight is 453 g/mol. The fourth-order valence-corrected chi connectivity index (χ4v) is 4.52. The number of hydrogen-bond acceptors (Lipinski definition) is 4. The Hall–Kier alpha value is -2.36. The minimum Gasteiger partial charge on any atom is -0.382 e. The van der Waals surface area contributed by atoms with Gasteiger partial charge in [-0.15, -0.1) is 0 Å². The molecule has 33 heavy (non-hydrogen) atoms. The maximum Gasteiger partial charge on any atom is 0.611 e. The third-order valence-electron chi connectivity index (χ3n) is 6.36. The molecule has 0 saturated heterocycles. The fraction of sp³-hybridized carbons (Fsp3) is 0.586. The number of rotatable bonds is 0. The van der Waals surface area contributed by atoms with E-state index in [2.05, 4.69) is 107 Å². The Morgan fingerprint density at radius 1 is 0.394 bits per heavy atom. The van der Waals surface area contributed by atoms with Crippen LogP contribution in [0.1, 0.15) is 105 Å². The van der Waals surface area contributed by atoms with E-state index in [9.17, 15) is 0 Å². The van der Waals surface area contributed by atoms with E-state index in [1.807, 2.05) is 0 Å². The van der Waals surface area contributed by atoms with E-state index in [-0.39, 0.29) is 21.7 Å². The van der Waals surface area contributed by atoms with E-state index in [4.69, 9.17) is 18.9 Å². The second-order valence-corrected chi connectivity index (χ2v) is 13.5. The lowest BCUT2D eigenvalue weighted by Crippen LogP contribution is -2.47. The van der Waals surface area contributed by atoms with Crippen molar-refractivity contribution in [2.24, 2.45) is 0 Å². The van der Waals surface area contributed by atoms with E-state index in [1.54, 1.807) is 0 Å². The molecule has 0 unspecified atom stereocenters. The predicted molar refractivity (Wildman–Crippen MR) is 133 cm³/mol. The summed E-state index contributed by atoms with van der Waals surface area (Å²) in [5, 5.41) is 0. The first-order valence-corrected chi connectivity index (χ1v) is 12.0. The second kappa shape index (κ2) is 6.84. The Kier molecular flexibility index (Phi) is 4.93. The van der Waals surface area contributed by atoms with Crippen LogP contribution in [-0.2, 0) is 21.7 Å². The van der Waals surface area contributed by atoms with Gasteiger partial charge in [-0.1, -0.05) is 107 Å². The van der Waals surface area contributed by atoms with E-state index in [0.717, 1.165) is 22.3 Å². The maximum absolute atomic E-state index is 6.50. The number of hydrogen-bond donors (Lipinski definition) is 0. The van der Waals surface area contributed by atoms with Gasteiger partial charge in [0.15, 0.2) is 23.0 Å². The fourth-order valence-electron chi connectivity index (χ4n) is 4.52. The summed E-state index contributed by atoms with van der Waals surface area (Å²) in [5.74, 6) is 2.82. The molecule has 0 aliphatic carbocycles. The maximum atomic E-state index is 6.50. The highest BCUT2D eigenvalue weighted by Crippen LogP contribution is 2.57. The van der Waals surface area contributed by atoms with Crippen LogP contribution < -0.4 is 18.9 Å². The third kappa shape index (κ3) is 3.96. The van der Waals surface area contributed by atoms with E-state index in [0.29, 0.717) is 23.0 Å². The molecule has 0 radical (unpaired) electrons. The van der Waals surface area contributed by atoms with Gasteiger partial charge in [0, 0.05) is 22.3 Å². The Morgan fingerprint density at radius 3 is 0.727 bits per heavy atom. The summed E-state index contributed by atoms with van der Waals surface area (Å²) in [4.78, 5) is 0. The van der Waals surface area contributed by atoms with Crippen LogP contribution in [0.25, 0.3) is 0 Å². The van der Waals surface area contributed by atoms with Crippen molar-refractivity contribution in [1.29, 1.82) is 0 Å². The van der Waals surface area contributed by atoms with E-state index in [1.165, 1.54) is 0 Å². The molecule has 0 bridgehead atoms. The van der Waals surface area contributed by atoms with Crippen molar-refractivity contribution in [2.75, 3.05) is 0 Å². The highest BCUT2D eigenvalue weighted by atomic mass is 17.0. The first-order valence-electron chi connectivity index (χ1n) is 12.0. The highest BCUT2D eigenvalue weighted by molar-refractivity contribution is 5.61. The van der Waals surface area contributed by atoms with E-state index >= 15 is 0 Å². The van der Waals surface area contributed by atoms with Crippen molar-refractivity contribution >= 4 is 0 Å². The molecule has 0 aromatic heterocycles. The summed E-state index contributed by atoms with van der Waals surface area (Å²) in [6, 6.07) is 8.58. The van der Waals surface area contributed by atoms with E-state index < -0.39 is 6.16 Å². The van der Waals surface area contributed by atoms with Gasteiger partial charge in [-0.3, -0.25) is 0 Å². The Bertz CT molecular complexity index is 920. The Morgan fingerprint density at radius 2 is 0.576 bits per heavy atom. The first-order chi connectivity index (χ1) is 14.8. The van der Waals surface area contributed by atoms with Crippen LogP contribution in [0.5, 0.6) is 23.0 Å². The Balaban J connectivity index is 1.88. The molecule has 0 atom stereocenters. The van der Waals surface area contributed by atoms with Crippen molar-refractivity contribution in [1.82, 2.24) is 0 Å². The molecular formula is C29H40O4. The van der Waals surface area contributed by atoms with Gasteiger partial charge in [0.1, 0.15) is 0 Å². The van der Waals surface area contributed by atoms with Gasteiger partial charge < -0.3 is 18.9 Å². The second-order valence-electron chi connectivity index (χ2n) is 13.5. The summed E-state index contributed by atoms with van der Waals surface area (Å²) < 4.78 is 26.0. The molecule has 0 N–H and O–H groups in total. The zero-order valence-corrected chi connectivity index (χ0v) is 22.4. The van der Waals surface area contributed by atoms with Crippen LogP contribution in [-0.4, -0.2) is 6.16 Å².